The summed E-state index contributed by atoms with van der Waals surface area (Å²) in [5, 5.41) is 7.18. The SMILES string of the molecule is O=C(COc1ccc(/C=N/NC(=O)c2ccccc2)cc1)Nc1cccc(Cl)c1. The number of hydrogen-bond donors (Lipinski definition) is 2. The number of nitrogens with one attached hydrogen (secondary N) is 2. The van der Waals surface area contributed by atoms with Crippen LogP contribution in [0.2, 0.25) is 5.02 Å². The Labute approximate surface area is 173 Å². The van der Waals surface area contributed by atoms with Gasteiger partial charge in [-0.05, 0) is 60.2 Å². The van der Waals surface area contributed by atoms with Gasteiger partial charge in [-0.25, -0.2) is 5.43 Å². The molecule has 0 unspecified atom stereocenters. The first-order valence-corrected chi connectivity index (χ1v) is 9.15. The number of carbonyl (C=O) groups is 2. The molecule has 0 spiro atoms. The number of amides is 2. The van der Waals surface area contributed by atoms with Crippen molar-refractivity contribution in [1.82, 2.24) is 5.43 Å². The monoisotopic (exact) mass is 407 g/mol. The van der Waals surface area contributed by atoms with Crippen LogP contribution in [0.4, 0.5) is 5.69 Å². The van der Waals surface area contributed by atoms with Gasteiger partial charge in [0.2, 0.25) is 0 Å². The summed E-state index contributed by atoms with van der Waals surface area (Å²) < 4.78 is 5.47. The first-order valence-electron chi connectivity index (χ1n) is 8.77. The molecule has 0 radical (unpaired) electrons. The zero-order valence-electron chi connectivity index (χ0n) is 15.3. The fourth-order valence-corrected chi connectivity index (χ4v) is 2.57. The highest BCUT2D eigenvalue weighted by Crippen LogP contribution is 2.15. The van der Waals surface area contributed by atoms with Gasteiger partial charge in [0.25, 0.3) is 11.8 Å². The van der Waals surface area contributed by atoms with Crippen molar-refractivity contribution in [2.75, 3.05) is 11.9 Å². The van der Waals surface area contributed by atoms with E-state index in [0.29, 0.717) is 22.0 Å². The van der Waals surface area contributed by atoms with Gasteiger partial charge in [0.15, 0.2) is 6.61 Å². The quantitative estimate of drug-likeness (QED) is 0.456. The van der Waals surface area contributed by atoms with Gasteiger partial charge in [-0.1, -0.05) is 35.9 Å². The summed E-state index contributed by atoms with van der Waals surface area (Å²) in [6.07, 6.45) is 1.52. The van der Waals surface area contributed by atoms with Crippen molar-refractivity contribution in [1.29, 1.82) is 0 Å². The Hall–Kier alpha value is -3.64. The molecule has 0 aliphatic heterocycles. The van der Waals surface area contributed by atoms with E-state index in [0.717, 1.165) is 5.56 Å². The highest BCUT2D eigenvalue weighted by molar-refractivity contribution is 6.30. The lowest BCUT2D eigenvalue weighted by molar-refractivity contribution is -0.118. The van der Waals surface area contributed by atoms with Gasteiger partial charge in [0, 0.05) is 16.3 Å². The molecule has 0 bridgehead atoms. The molecule has 0 aliphatic rings. The summed E-state index contributed by atoms with van der Waals surface area (Å²) in [6.45, 7) is -0.132. The van der Waals surface area contributed by atoms with Crippen molar-refractivity contribution in [3.05, 3.63) is 95.0 Å². The van der Waals surface area contributed by atoms with Gasteiger partial charge in [-0.15, -0.1) is 0 Å². The Morgan fingerprint density at radius 1 is 0.966 bits per heavy atom. The molecule has 6 nitrogen and oxygen atoms in total. The highest BCUT2D eigenvalue weighted by atomic mass is 35.5. The summed E-state index contributed by atoms with van der Waals surface area (Å²) in [4.78, 5) is 23.8. The number of nitrogens with zero attached hydrogens (tertiary/aromatic N) is 1. The number of hydrogen-bond acceptors (Lipinski definition) is 4. The number of anilines is 1. The fourth-order valence-electron chi connectivity index (χ4n) is 2.38. The van der Waals surface area contributed by atoms with Gasteiger partial charge in [0.1, 0.15) is 5.75 Å². The van der Waals surface area contributed by atoms with Gasteiger partial charge < -0.3 is 10.1 Å². The summed E-state index contributed by atoms with van der Waals surface area (Å²) in [6, 6.07) is 22.7. The molecule has 0 atom stereocenters. The van der Waals surface area contributed by atoms with Crippen LogP contribution in [0.25, 0.3) is 0 Å². The maximum atomic E-state index is 11.9. The molecule has 0 saturated carbocycles. The van der Waals surface area contributed by atoms with Crippen LogP contribution in [0, 0.1) is 0 Å². The van der Waals surface area contributed by atoms with Crippen LogP contribution in [0.5, 0.6) is 5.75 Å². The molecule has 3 rings (SSSR count). The lowest BCUT2D eigenvalue weighted by Crippen LogP contribution is -2.20. The predicted molar refractivity (Wildman–Crippen MR) is 114 cm³/mol. The summed E-state index contributed by atoms with van der Waals surface area (Å²) in [7, 11) is 0. The Bertz CT molecular complexity index is 1010. The smallest absolute Gasteiger partial charge is 0.271 e. The van der Waals surface area contributed by atoms with Crippen molar-refractivity contribution in [2.45, 2.75) is 0 Å². The topological polar surface area (TPSA) is 79.8 Å². The largest absolute Gasteiger partial charge is 0.484 e. The van der Waals surface area contributed by atoms with E-state index in [1.807, 2.05) is 6.07 Å². The molecule has 2 N–H and O–H groups in total. The maximum Gasteiger partial charge on any atom is 0.271 e. The van der Waals surface area contributed by atoms with E-state index in [9.17, 15) is 9.59 Å². The first kappa shape index (κ1) is 20.1. The second-order valence-corrected chi connectivity index (χ2v) is 6.42. The van der Waals surface area contributed by atoms with Crippen molar-refractivity contribution in [2.24, 2.45) is 5.10 Å². The molecule has 29 heavy (non-hydrogen) atoms. The Morgan fingerprint density at radius 2 is 1.72 bits per heavy atom. The van der Waals surface area contributed by atoms with E-state index in [1.165, 1.54) is 6.21 Å². The third kappa shape index (κ3) is 6.48. The highest BCUT2D eigenvalue weighted by Gasteiger charge is 2.05. The molecule has 2 amide bonds. The van der Waals surface area contributed by atoms with Crippen LogP contribution in [0.3, 0.4) is 0 Å². The summed E-state index contributed by atoms with van der Waals surface area (Å²) in [5.41, 5.74) is 4.38. The molecule has 7 heteroatoms. The Balaban J connectivity index is 1.46. The minimum absolute atomic E-state index is 0.132. The van der Waals surface area contributed by atoms with E-state index >= 15 is 0 Å². The average Bonchev–Trinajstić information content (AvgIpc) is 2.74. The van der Waals surface area contributed by atoms with Crippen LogP contribution in [0.1, 0.15) is 15.9 Å². The lowest BCUT2D eigenvalue weighted by atomic mass is 10.2. The molecule has 3 aromatic rings. The van der Waals surface area contributed by atoms with E-state index in [-0.39, 0.29) is 18.4 Å². The zero-order valence-corrected chi connectivity index (χ0v) is 16.1. The van der Waals surface area contributed by atoms with Crippen LogP contribution in [-0.2, 0) is 4.79 Å². The van der Waals surface area contributed by atoms with E-state index < -0.39 is 0 Å². The number of ether oxygens (including phenoxy) is 1. The third-order valence-corrected chi connectivity index (χ3v) is 4.01. The number of halogens is 1. The average molecular weight is 408 g/mol. The van der Waals surface area contributed by atoms with E-state index in [2.05, 4.69) is 15.8 Å². The van der Waals surface area contributed by atoms with Gasteiger partial charge >= 0.3 is 0 Å². The summed E-state index contributed by atoms with van der Waals surface area (Å²) >= 11 is 5.88. The third-order valence-electron chi connectivity index (χ3n) is 3.77. The predicted octanol–water partition coefficient (Wildman–Crippen LogP) is 4.12. The maximum absolute atomic E-state index is 11.9. The van der Waals surface area contributed by atoms with Crippen molar-refractivity contribution < 1.29 is 14.3 Å². The van der Waals surface area contributed by atoms with Crippen LogP contribution < -0.4 is 15.5 Å². The minimum Gasteiger partial charge on any atom is -0.484 e. The number of carbonyl (C=O) groups excluding carboxylic acids is 2. The lowest BCUT2D eigenvalue weighted by Gasteiger charge is -2.08. The van der Waals surface area contributed by atoms with Crippen LogP contribution >= 0.6 is 11.6 Å². The molecule has 0 aromatic heterocycles. The molecule has 0 heterocycles. The molecular formula is C22H18ClN3O3. The second-order valence-electron chi connectivity index (χ2n) is 5.98. The summed E-state index contributed by atoms with van der Waals surface area (Å²) in [5.74, 6) is -0.0363. The molecule has 3 aromatic carbocycles. The second kappa shape index (κ2) is 10.1. The van der Waals surface area contributed by atoms with Crippen molar-refractivity contribution in [3.63, 3.8) is 0 Å². The molecular weight excluding hydrogens is 390 g/mol. The number of hydrazone groups is 1. The molecule has 0 aliphatic carbocycles. The Kier molecular flexibility index (Phi) is 6.97. The van der Waals surface area contributed by atoms with Crippen molar-refractivity contribution >= 4 is 35.3 Å². The Morgan fingerprint density at radius 3 is 2.45 bits per heavy atom. The first-order chi connectivity index (χ1) is 14.1. The standard InChI is InChI=1S/C22H18ClN3O3/c23-18-7-4-8-19(13-18)25-21(27)15-29-20-11-9-16(10-12-20)14-24-26-22(28)17-5-2-1-3-6-17/h1-14H,15H2,(H,25,27)(H,26,28)/b24-14+. The number of benzene rings is 3. The van der Waals surface area contributed by atoms with E-state index in [4.69, 9.17) is 16.3 Å². The van der Waals surface area contributed by atoms with E-state index in [1.54, 1.807) is 72.8 Å². The normalized spacial score (nSPS) is 10.5. The van der Waals surface area contributed by atoms with Crippen LogP contribution in [0.15, 0.2) is 84.0 Å². The van der Waals surface area contributed by atoms with Gasteiger partial charge in [-0.3, -0.25) is 9.59 Å². The minimum atomic E-state index is -0.290. The number of rotatable bonds is 7. The van der Waals surface area contributed by atoms with Crippen molar-refractivity contribution in [3.8, 4) is 5.75 Å². The van der Waals surface area contributed by atoms with Crippen LogP contribution in [-0.4, -0.2) is 24.6 Å². The van der Waals surface area contributed by atoms with Gasteiger partial charge in [-0.2, -0.15) is 5.10 Å². The molecule has 0 saturated heterocycles. The molecule has 0 fully saturated rings. The van der Waals surface area contributed by atoms with Gasteiger partial charge in [0.05, 0.1) is 6.21 Å². The molecule has 146 valence electrons. The zero-order chi connectivity index (χ0) is 20.5. The fraction of sp³-hybridized carbons (Fsp3) is 0.0455.